The SMILES string of the molecule is C=C(/C=C(C)\C=C/N)Nc1cccc(-c2ccc(C(=O)NCC3CCC(C(=O)O)CC3)s2)n1. The highest BCUT2D eigenvalue weighted by atomic mass is 32.1. The van der Waals surface area contributed by atoms with Crippen molar-refractivity contribution in [1.82, 2.24) is 10.3 Å². The molecule has 0 bridgehead atoms. The highest BCUT2D eigenvalue weighted by Crippen LogP contribution is 2.30. The number of nitrogens with two attached hydrogens (primary N) is 1. The molecule has 0 atom stereocenters. The summed E-state index contributed by atoms with van der Waals surface area (Å²) in [5.74, 6) is -0.0670. The van der Waals surface area contributed by atoms with E-state index in [-0.39, 0.29) is 11.8 Å². The Labute approximate surface area is 198 Å². The van der Waals surface area contributed by atoms with Crippen molar-refractivity contribution in [3.05, 3.63) is 71.4 Å². The topological polar surface area (TPSA) is 117 Å². The van der Waals surface area contributed by atoms with Crippen molar-refractivity contribution in [2.45, 2.75) is 32.6 Å². The number of anilines is 1. The van der Waals surface area contributed by atoms with E-state index >= 15 is 0 Å². The van der Waals surface area contributed by atoms with Gasteiger partial charge in [0, 0.05) is 12.2 Å². The minimum absolute atomic E-state index is 0.108. The van der Waals surface area contributed by atoms with Gasteiger partial charge in [0.25, 0.3) is 5.91 Å². The molecule has 1 saturated carbocycles. The number of aromatic nitrogens is 1. The van der Waals surface area contributed by atoms with Crippen LogP contribution < -0.4 is 16.4 Å². The number of allylic oxidation sites excluding steroid dienone is 3. The van der Waals surface area contributed by atoms with Crippen LogP contribution in [0, 0.1) is 11.8 Å². The van der Waals surface area contributed by atoms with E-state index in [1.54, 1.807) is 6.08 Å². The van der Waals surface area contributed by atoms with Crippen LogP contribution in [0.15, 0.2) is 66.5 Å². The number of thiophene rings is 1. The first-order valence-corrected chi connectivity index (χ1v) is 11.8. The van der Waals surface area contributed by atoms with Crippen LogP contribution in [0.1, 0.15) is 42.3 Å². The van der Waals surface area contributed by atoms with Crippen molar-refractivity contribution < 1.29 is 14.7 Å². The predicted octanol–water partition coefficient (Wildman–Crippen LogP) is 4.78. The molecule has 0 saturated heterocycles. The number of nitrogens with one attached hydrogen (secondary N) is 2. The van der Waals surface area contributed by atoms with Gasteiger partial charge in [-0.25, -0.2) is 4.98 Å². The van der Waals surface area contributed by atoms with E-state index in [1.807, 2.05) is 43.3 Å². The van der Waals surface area contributed by atoms with Crippen LogP contribution in [0.4, 0.5) is 5.82 Å². The molecule has 2 aromatic rings. The van der Waals surface area contributed by atoms with Crippen LogP contribution in [-0.2, 0) is 4.79 Å². The molecule has 2 heterocycles. The summed E-state index contributed by atoms with van der Waals surface area (Å²) < 4.78 is 0. The number of hydrogen-bond acceptors (Lipinski definition) is 6. The number of carbonyl (C=O) groups is 2. The van der Waals surface area contributed by atoms with Crippen LogP contribution >= 0.6 is 11.3 Å². The number of rotatable bonds is 9. The highest BCUT2D eigenvalue weighted by Gasteiger charge is 2.26. The zero-order chi connectivity index (χ0) is 23.8. The van der Waals surface area contributed by atoms with Crippen LogP contribution in [0.3, 0.4) is 0 Å². The number of carboxylic acid groups (broad SMARTS) is 1. The summed E-state index contributed by atoms with van der Waals surface area (Å²) in [4.78, 5) is 29.9. The van der Waals surface area contributed by atoms with Gasteiger partial charge in [-0.2, -0.15) is 0 Å². The Morgan fingerprint density at radius 2 is 2.00 bits per heavy atom. The third-order valence-corrected chi connectivity index (χ3v) is 6.73. The fourth-order valence-electron chi connectivity index (χ4n) is 3.85. The summed E-state index contributed by atoms with van der Waals surface area (Å²) in [6.07, 6.45) is 8.17. The smallest absolute Gasteiger partial charge is 0.306 e. The second kappa shape index (κ2) is 11.5. The second-order valence-electron chi connectivity index (χ2n) is 8.24. The molecule has 33 heavy (non-hydrogen) atoms. The van der Waals surface area contributed by atoms with Crippen molar-refractivity contribution in [3.63, 3.8) is 0 Å². The molecule has 2 aromatic heterocycles. The molecule has 8 heteroatoms. The summed E-state index contributed by atoms with van der Waals surface area (Å²) in [5.41, 5.74) is 7.84. The Bertz CT molecular complexity index is 1070. The van der Waals surface area contributed by atoms with Crippen molar-refractivity contribution in [2.75, 3.05) is 11.9 Å². The van der Waals surface area contributed by atoms with Gasteiger partial charge < -0.3 is 21.5 Å². The lowest BCUT2D eigenvalue weighted by molar-refractivity contribution is -0.143. The van der Waals surface area contributed by atoms with Crippen LogP contribution in [0.25, 0.3) is 10.6 Å². The second-order valence-corrected chi connectivity index (χ2v) is 9.32. The normalized spacial score (nSPS) is 18.8. The Morgan fingerprint density at radius 3 is 2.70 bits per heavy atom. The zero-order valence-corrected chi connectivity index (χ0v) is 19.5. The van der Waals surface area contributed by atoms with Gasteiger partial charge in [0.2, 0.25) is 0 Å². The fourth-order valence-corrected chi connectivity index (χ4v) is 4.74. The summed E-state index contributed by atoms with van der Waals surface area (Å²) in [6, 6.07) is 9.37. The molecule has 1 amide bonds. The maximum absolute atomic E-state index is 12.6. The van der Waals surface area contributed by atoms with Gasteiger partial charge in [0.05, 0.1) is 21.4 Å². The molecular weight excluding hydrogens is 436 g/mol. The number of hydrogen-bond donors (Lipinski definition) is 4. The first-order valence-electron chi connectivity index (χ1n) is 11.0. The van der Waals surface area contributed by atoms with Gasteiger partial charge in [-0.1, -0.05) is 12.6 Å². The van der Waals surface area contributed by atoms with Gasteiger partial charge in [-0.15, -0.1) is 11.3 Å². The van der Waals surface area contributed by atoms with E-state index in [9.17, 15) is 9.59 Å². The first kappa shape index (κ1) is 24.3. The zero-order valence-electron chi connectivity index (χ0n) is 18.7. The number of carboxylic acids is 1. The van der Waals surface area contributed by atoms with Gasteiger partial charge in [0.1, 0.15) is 5.82 Å². The number of aliphatic carboxylic acids is 1. The molecule has 5 N–H and O–H groups in total. The molecule has 174 valence electrons. The van der Waals surface area contributed by atoms with Gasteiger partial charge in [0.15, 0.2) is 0 Å². The van der Waals surface area contributed by atoms with Gasteiger partial charge in [-0.05, 0) is 86.7 Å². The molecular formula is C25H30N4O3S. The maximum Gasteiger partial charge on any atom is 0.306 e. The fraction of sp³-hybridized carbons (Fsp3) is 0.320. The number of pyridine rings is 1. The quantitative estimate of drug-likeness (QED) is 0.395. The number of nitrogens with zero attached hydrogens (tertiary/aromatic N) is 1. The van der Waals surface area contributed by atoms with E-state index in [0.29, 0.717) is 41.7 Å². The average Bonchev–Trinajstić information content (AvgIpc) is 3.28. The molecule has 3 rings (SSSR count). The predicted molar refractivity (Wildman–Crippen MR) is 133 cm³/mol. The Kier molecular flexibility index (Phi) is 8.43. The lowest BCUT2D eigenvalue weighted by Gasteiger charge is -2.26. The lowest BCUT2D eigenvalue weighted by Crippen LogP contribution is -2.32. The van der Waals surface area contributed by atoms with Gasteiger partial charge in [-0.3, -0.25) is 9.59 Å². The average molecular weight is 467 g/mol. The maximum atomic E-state index is 12.6. The third kappa shape index (κ3) is 7.05. The molecule has 0 aliphatic heterocycles. The summed E-state index contributed by atoms with van der Waals surface area (Å²) in [6.45, 7) is 6.50. The number of amides is 1. The Balaban J connectivity index is 1.57. The van der Waals surface area contributed by atoms with Crippen LogP contribution in [0.5, 0.6) is 0 Å². The van der Waals surface area contributed by atoms with Crippen LogP contribution in [0.2, 0.25) is 0 Å². The molecule has 1 fully saturated rings. The van der Waals surface area contributed by atoms with E-state index < -0.39 is 5.97 Å². The van der Waals surface area contributed by atoms with Gasteiger partial charge >= 0.3 is 5.97 Å². The molecule has 1 aliphatic carbocycles. The summed E-state index contributed by atoms with van der Waals surface area (Å²) in [7, 11) is 0. The molecule has 0 aromatic carbocycles. The van der Waals surface area contributed by atoms with Crippen molar-refractivity contribution >= 4 is 29.0 Å². The molecule has 7 nitrogen and oxygen atoms in total. The largest absolute Gasteiger partial charge is 0.481 e. The standard InChI is InChI=1S/C25H30N4O3S/c1-16(12-13-26)14-17(2)28-23-5-3-4-20(29-23)21-10-11-22(33-21)24(30)27-15-18-6-8-19(9-7-18)25(31)32/h3-5,10-14,18-19H,2,6-9,15,26H2,1H3,(H,27,30)(H,28,29)(H,31,32)/b13-12-,16-14-. The van der Waals surface area contributed by atoms with E-state index in [2.05, 4.69) is 22.2 Å². The molecule has 1 aliphatic rings. The summed E-state index contributed by atoms with van der Waals surface area (Å²) >= 11 is 1.39. The van der Waals surface area contributed by atoms with E-state index in [1.165, 1.54) is 17.5 Å². The van der Waals surface area contributed by atoms with Crippen molar-refractivity contribution in [2.24, 2.45) is 17.6 Å². The number of carbonyl (C=O) groups excluding carboxylic acids is 1. The highest BCUT2D eigenvalue weighted by molar-refractivity contribution is 7.17. The minimum atomic E-state index is -0.712. The van der Waals surface area contributed by atoms with Crippen molar-refractivity contribution in [3.8, 4) is 10.6 Å². The monoisotopic (exact) mass is 466 g/mol. The third-order valence-electron chi connectivity index (χ3n) is 5.63. The van der Waals surface area contributed by atoms with E-state index in [4.69, 9.17) is 10.8 Å². The molecule has 0 unspecified atom stereocenters. The first-order chi connectivity index (χ1) is 15.9. The van der Waals surface area contributed by atoms with E-state index in [0.717, 1.165) is 29.0 Å². The molecule has 0 spiro atoms. The summed E-state index contributed by atoms with van der Waals surface area (Å²) in [5, 5.41) is 15.3. The van der Waals surface area contributed by atoms with Crippen LogP contribution in [-0.4, -0.2) is 28.5 Å². The lowest BCUT2D eigenvalue weighted by atomic mass is 9.82. The minimum Gasteiger partial charge on any atom is -0.481 e. The Hall–Kier alpha value is -3.39. The molecule has 0 radical (unpaired) electrons. The van der Waals surface area contributed by atoms with Crippen molar-refractivity contribution in [1.29, 1.82) is 0 Å². The Morgan fingerprint density at radius 1 is 1.24 bits per heavy atom.